The fraction of sp³-hybridized carbons (Fsp3) is 0.500. The maximum atomic E-state index is 11.3. The number of carboxylic acid groups (broad SMARTS) is 1. The van der Waals surface area contributed by atoms with Gasteiger partial charge in [-0.25, -0.2) is 4.79 Å². The van der Waals surface area contributed by atoms with E-state index in [1.165, 1.54) is 6.07 Å². The van der Waals surface area contributed by atoms with Crippen LogP contribution in [-0.2, 0) is 0 Å². The Labute approximate surface area is 111 Å². The molecule has 1 heterocycles. The third-order valence-corrected chi connectivity index (χ3v) is 4.15. The Kier molecular flexibility index (Phi) is 2.74. The first-order chi connectivity index (χ1) is 8.54. The van der Waals surface area contributed by atoms with Crippen LogP contribution >= 0.6 is 11.6 Å². The predicted octanol–water partition coefficient (Wildman–Crippen LogP) is 3.70. The van der Waals surface area contributed by atoms with E-state index in [-0.39, 0.29) is 11.7 Å². The summed E-state index contributed by atoms with van der Waals surface area (Å²) in [4.78, 5) is 11.3. The van der Waals surface area contributed by atoms with Crippen molar-refractivity contribution in [2.75, 3.05) is 0 Å². The molecule has 1 aromatic rings. The number of fused-ring (bicyclic) bond motifs is 4. The van der Waals surface area contributed by atoms with Gasteiger partial charge in [-0.15, -0.1) is 0 Å². The van der Waals surface area contributed by atoms with Crippen LogP contribution in [0.2, 0.25) is 5.02 Å². The molecule has 0 amide bonds. The highest BCUT2D eigenvalue weighted by molar-refractivity contribution is 6.31. The van der Waals surface area contributed by atoms with Crippen molar-refractivity contribution in [2.24, 2.45) is 5.92 Å². The molecule has 0 spiro atoms. The molecule has 4 heteroatoms. The minimum Gasteiger partial charge on any atom is -0.489 e. The number of ether oxygens (including phenoxy) is 1. The molecule has 0 radical (unpaired) electrons. The monoisotopic (exact) mass is 266 g/mol. The van der Waals surface area contributed by atoms with E-state index in [2.05, 4.69) is 6.92 Å². The molecular formula is C14H15ClO3. The molecule has 2 bridgehead atoms. The number of rotatable bonds is 1. The number of carbonyl (C=O) groups is 1. The fourth-order valence-electron chi connectivity index (χ4n) is 3.27. The van der Waals surface area contributed by atoms with Crippen molar-refractivity contribution in [2.45, 2.75) is 38.2 Å². The zero-order chi connectivity index (χ0) is 12.9. The van der Waals surface area contributed by atoms with Crippen molar-refractivity contribution in [3.63, 3.8) is 0 Å². The molecule has 3 nitrogen and oxygen atoms in total. The van der Waals surface area contributed by atoms with Gasteiger partial charge in [-0.1, -0.05) is 18.5 Å². The summed E-state index contributed by atoms with van der Waals surface area (Å²) < 4.78 is 5.88. The minimum absolute atomic E-state index is 0.158. The highest BCUT2D eigenvalue weighted by Crippen LogP contribution is 2.47. The van der Waals surface area contributed by atoms with Gasteiger partial charge < -0.3 is 9.84 Å². The van der Waals surface area contributed by atoms with Gasteiger partial charge in [-0.3, -0.25) is 0 Å². The lowest BCUT2D eigenvalue weighted by molar-refractivity contribution is 0.0663. The van der Waals surface area contributed by atoms with Gasteiger partial charge in [-0.2, -0.15) is 0 Å². The molecule has 1 N–H and O–H groups in total. The fourth-order valence-corrected chi connectivity index (χ4v) is 3.49. The zero-order valence-electron chi connectivity index (χ0n) is 10.1. The van der Waals surface area contributed by atoms with Crippen LogP contribution in [0.3, 0.4) is 0 Å². The van der Waals surface area contributed by atoms with Crippen LogP contribution < -0.4 is 4.74 Å². The molecule has 0 saturated heterocycles. The van der Waals surface area contributed by atoms with Gasteiger partial charge in [0.05, 0.1) is 6.10 Å². The van der Waals surface area contributed by atoms with Crippen molar-refractivity contribution in [1.82, 2.24) is 0 Å². The van der Waals surface area contributed by atoms with E-state index in [0.29, 0.717) is 22.6 Å². The quantitative estimate of drug-likeness (QED) is 0.843. The van der Waals surface area contributed by atoms with E-state index in [9.17, 15) is 9.90 Å². The normalized spacial score (nSPS) is 29.3. The Morgan fingerprint density at radius 2 is 2.17 bits per heavy atom. The van der Waals surface area contributed by atoms with Gasteiger partial charge >= 0.3 is 5.97 Å². The van der Waals surface area contributed by atoms with Crippen molar-refractivity contribution in [3.05, 3.63) is 28.3 Å². The number of aromatic carboxylic acids is 1. The Hall–Kier alpha value is -1.22. The maximum Gasteiger partial charge on any atom is 0.339 e. The Balaban J connectivity index is 2.13. The minimum atomic E-state index is -0.971. The standard InChI is InChI=1S/C14H15ClO3/c1-7-2-8-4-10(3-7)18-13-11(8)5-9(15)6-12(13)14(16)17/h5-8,10H,2-4H2,1H3,(H,16,17). The Bertz CT molecular complexity index is 512. The lowest BCUT2D eigenvalue weighted by Crippen LogP contribution is -2.33. The smallest absolute Gasteiger partial charge is 0.339 e. The molecular weight excluding hydrogens is 252 g/mol. The number of halogens is 1. The average Bonchev–Trinajstić information content (AvgIpc) is 2.28. The summed E-state index contributed by atoms with van der Waals surface area (Å²) in [6, 6.07) is 3.34. The second-order valence-electron chi connectivity index (χ2n) is 5.43. The second-order valence-corrected chi connectivity index (χ2v) is 5.86. The SMILES string of the molecule is CC1CC2CC(C1)c1cc(Cl)cc(C(=O)O)c1O2. The molecule has 1 aromatic carbocycles. The van der Waals surface area contributed by atoms with E-state index in [1.807, 2.05) is 6.07 Å². The first kappa shape index (κ1) is 11.8. The second kappa shape index (κ2) is 4.16. The summed E-state index contributed by atoms with van der Waals surface area (Å²) in [5, 5.41) is 9.72. The molecule has 1 fully saturated rings. The summed E-state index contributed by atoms with van der Waals surface area (Å²) in [5.41, 5.74) is 1.17. The first-order valence-corrected chi connectivity index (χ1v) is 6.65. The lowest BCUT2D eigenvalue weighted by Gasteiger charge is -2.39. The van der Waals surface area contributed by atoms with Crippen LogP contribution in [0.4, 0.5) is 0 Å². The van der Waals surface area contributed by atoms with Crippen LogP contribution in [-0.4, -0.2) is 17.2 Å². The topological polar surface area (TPSA) is 46.5 Å². The summed E-state index contributed by atoms with van der Waals surface area (Å²) in [6.45, 7) is 2.22. The summed E-state index contributed by atoms with van der Waals surface area (Å²) in [5.74, 6) is 0.579. The summed E-state index contributed by atoms with van der Waals surface area (Å²) >= 11 is 6.02. The van der Waals surface area contributed by atoms with Gasteiger partial charge in [0.1, 0.15) is 11.3 Å². The van der Waals surface area contributed by atoms with Crippen LogP contribution in [0.5, 0.6) is 5.75 Å². The molecule has 3 unspecified atom stereocenters. The van der Waals surface area contributed by atoms with Crippen LogP contribution in [0.1, 0.15) is 48.0 Å². The number of hydrogen-bond acceptors (Lipinski definition) is 2. The third kappa shape index (κ3) is 1.87. The number of benzene rings is 1. The molecule has 3 atom stereocenters. The highest BCUT2D eigenvalue weighted by atomic mass is 35.5. The molecule has 1 aliphatic heterocycles. The van der Waals surface area contributed by atoms with E-state index in [0.717, 1.165) is 24.8 Å². The predicted molar refractivity (Wildman–Crippen MR) is 68.6 cm³/mol. The van der Waals surface area contributed by atoms with Gasteiger partial charge in [0, 0.05) is 5.02 Å². The lowest BCUT2D eigenvalue weighted by atomic mass is 9.75. The highest BCUT2D eigenvalue weighted by Gasteiger charge is 2.37. The Morgan fingerprint density at radius 1 is 1.39 bits per heavy atom. The number of carboxylic acids is 1. The van der Waals surface area contributed by atoms with Gasteiger partial charge in [0.15, 0.2) is 0 Å². The van der Waals surface area contributed by atoms with Crippen molar-refractivity contribution in [1.29, 1.82) is 0 Å². The van der Waals surface area contributed by atoms with E-state index >= 15 is 0 Å². The van der Waals surface area contributed by atoms with Gasteiger partial charge in [0.25, 0.3) is 0 Å². The molecule has 1 aliphatic carbocycles. The van der Waals surface area contributed by atoms with Crippen molar-refractivity contribution < 1.29 is 14.6 Å². The molecule has 1 saturated carbocycles. The average molecular weight is 267 g/mol. The molecule has 2 aliphatic rings. The van der Waals surface area contributed by atoms with Gasteiger partial charge in [0.2, 0.25) is 0 Å². The number of hydrogen-bond donors (Lipinski definition) is 1. The summed E-state index contributed by atoms with van der Waals surface area (Å²) in [6.07, 6.45) is 3.24. The molecule has 3 rings (SSSR count). The first-order valence-electron chi connectivity index (χ1n) is 6.28. The zero-order valence-corrected chi connectivity index (χ0v) is 10.9. The van der Waals surface area contributed by atoms with Crippen LogP contribution in [0, 0.1) is 5.92 Å². The molecule has 18 heavy (non-hydrogen) atoms. The van der Waals surface area contributed by atoms with Gasteiger partial charge in [-0.05, 0) is 48.8 Å². The molecule has 0 aromatic heterocycles. The maximum absolute atomic E-state index is 11.3. The third-order valence-electron chi connectivity index (χ3n) is 3.94. The van der Waals surface area contributed by atoms with E-state index in [1.54, 1.807) is 0 Å². The summed E-state index contributed by atoms with van der Waals surface area (Å²) in [7, 11) is 0. The van der Waals surface area contributed by atoms with Crippen molar-refractivity contribution >= 4 is 17.6 Å². The van der Waals surface area contributed by atoms with E-state index < -0.39 is 5.97 Å². The van der Waals surface area contributed by atoms with E-state index in [4.69, 9.17) is 16.3 Å². The Morgan fingerprint density at radius 3 is 2.89 bits per heavy atom. The van der Waals surface area contributed by atoms with Crippen molar-refractivity contribution in [3.8, 4) is 5.75 Å². The van der Waals surface area contributed by atoms with Crippen LogP contribution in [0.25, 0.3) is 0 Å². The molecule has 96 valence electrons. The largest absolute Gasteiger partial charge is 0.489 e. The van der Waals surface area contributed by atoms with Crippen LogP contribution in [0.15, 0.2) is 12.1 Å².